The van der Waals surface area contributed by atoms with E-state index in [1.807, 2.05) is 0 Å². The summed E-state index contributed by atoms with van der Waals surface area (Å²) in [4.78, 5) is 25.1. The van der Waals surface area contributed by atoms with Crippen molar-refractivity contribution in [3.63, 3.8) is 0 Å². The molecule has 23 heavy (non-hydrogen) atoms. The molecule has 3 saturated heterocycles. The van der Waals surface area contributed by atoms with Crippen molar-refractivity contribution in [1.29, 1.82) is 0 Å². The van der Waals surface area contributed by atoms with Crippen LogP contribution in [-0.4, -0.2) is 41.4 Å². The molecule has 4 heterocycles. The van der Waals surface area contributed by atoms with Crippen molar-refractivity contribution in [3.8, 4) is 0 Å². The molecule has 0 saturated carbocycles. The number of carbonyl (C=O) groups is 1. The Morgan fingerprint density at radius 1 is 1.30 bits per heavy atom. The van der Waals surface area contributed by atoms with Gasteiger partial charge in [0.05, 0.1) is 11.0 Å². The lowest BCUT2D eigenvalue weighted by Gasteiger charge is -2.44. The van der Waals surface area contributed by atoms with Gasteiger partial charge in [-0.1, -0.05) is 0 Å². The second-order valence-electron chi connectivity index (χ2n) is 6.31. The van der Waals surface area contributed by atoms with Gasteiger partial charge in [-0.3, -0.25) is 14.9 Å². The van der Waals surface area contributed by atoms with Crippen LogP contribution in [-0.2, 0) is 0 Å². The monoisotopic (exact) mass is 315 g/mol. The highest BCUT2D eigenvalue weighted by Crippen LogP contribution is 2.28. The van der Waals surface area contributed by atoms with E-state index in [0.29, 0.717) is 16.9 Å². The van der Waals surface area contributed by atoms with Crippen molar-refractivity contribution in [3.05, 3.63) is 40.1 Å². The smallest absolute Gasteiger partial charge is 0.287 e. The highest BCUT2D eigenvalue weighted by Gasteiger charge is 2.35. The predicted molar refractivity (Wildman–Crippen MR) is 83.3 cm³/mol. The number of nitro benzene ring substituents is 1. The van der Waals surface area contributed by atoms with Crippen molar-refractivity contribution < 1.29 is 14.1 Å². The number of amides is 1. The molecule has 3 aliphatic heterocycles. The molecule has 1 aromatic heterocycles. The molecule has 0 radical (unpaired) electrons. The Hall–Kier alpha value is -2.41. The van der Waals surface area contributed by atoms with E-state index in [9.17, 15) is 14.9 Å². The Balaban J connectivity index is 1.54. The van der Waals surface area contributed by atoms with Gasteiger partial charge < -0.3 is 14.6 Å². The summed E-state index contributed by atoms with van der Waals surface area (Å²) in [5.74, 6) is 0.494. The Bertz CT molecular complexity index is 777. The van der Waals surface area contributed by atoms with Gasteiger partial charge in [0, 0.05) is 24.0 Å². The number of rotatable bonds is 3. The highest BCUT2D eigenvalue weighted by atomic mass is 16.6. The summed E-state index contributed by atoms with van der Waals surface area (Å²) < 4.78 is 5.51. The zero-order valence-corrected chi connectivity index (χ0v) is 12.5. The summed E-state index contributed by atoms with van der Waals surface area (Å²) in [7, 11) is 0. The molecule has 1 atom stereocenters. The number of non-ortho nitro benzene ring substituents is 1. The van der Waals surface area contributed by atoms with Crippen LogP contribution in [0.4, 0.5) is 5.69 Å². The molecular weight excluding hydrogens is 298 g/mol. The summed E-state index contributed by atoms with van der Waals surface area (Å²) >= 11 is 0. The van der Waals surface area contributed by atoms with E-state index in [0.717, 1.165) is 32.5 Å². The molecule has 2 aromatic rings. The molecule has 0 spiro atoms. The van der Waals surface area contributed by atoms with Gasteiger partial charge in [0.25, 0.3) is 11.6 Å². The first-order valence-electron chi connectivity index (χ1n) is 7.81. The number of nitrogens with zero attached hydrogens (tertiary/aromatic N) is 2. The SMILES string of the molecule is O=C(NC1CN2CCC1CC2)c1cc2ccc([N+](=O)[O-])cc2o1. The van der Waals surface area contributed by atoms with E-state index >= 15 is 0 Å². The third kappa shape index (κ3) is 2.57. The molecule has 5 rings (SSSR count). The fourth-order valence-electron chi connectivity index (χ4n) is 3.61. The minimum absolute atomic E-state index is 0.0452. The molecule has 0 aliphatic carbocycles. The molecule has 7 nitrogen and oxygen atoms in total. The van der Waals surface area contributed by atoms with Crippen LogP contribution < -0.4 is 5.32 Å². The highest BCUT2D eigenvalue weighted by molar-refractivity contribution is 5.96. The van der Waals surface area contributed by atoms with Crippen LogP contribution in [0.5, 0.6) is 0 Å². The molecule has 2 bridgehead atoms. The van der Waals surface area contributed by atoms with E-state index in [2.05, 4.69) is 10.2 Å². The van der Waals surface area contributed by atoms with Crippen LogP contribution in [0.15, 0.2) is 28.7 Å². The number of carbonyl (C=O) groups excluding carboxylic acids is 1. The Morgan fingerprint density at radius 2 is 2.09 bits per heavy atom. The number of nitrogens with one attached hydrogen (secondary N) is 1. The van der Waals surface area contributed by atoms with Gasteiger partial charge in [0.1, 0.15) is 5.58 Å². The van der Waals surface area contributed by atoms with Gasteiger partial charge >= 0.3 is 0 Å². The largest absolute Gasteiger partial charge is 0.451 e. The number of hydrogen-bond donors (Lipinski definition) is 1. The maximum absolute atomic E-state index is 12.4. The lowest BCUT2D eigenvalue weighted by Crippen LogP contribution is -2.57. The number of nitro groups is 1. The van der Waals surface area contributed by atoms with Gasteiger partial charge in [-0.05, 0) is 44.0 Å². The van der Waals surface area contributed by atoms with Crippen LogP contribution in [0, 0.1) is 16.0 Å². The number of furan rings is 1. The van der Waals surface area contributed by atoms with E-state index in [1.54, 1.807) is 12.1 Å². The van der Waals surface area contributed by atoms with Crippen LogP contribution in [0.25, 0.3) is 11.0 Å². The fourth-order valence-corrected chi connectivity index (χ4v) is 3.61. The van der Waals surface area contributed by atoms with Gasteiger partial charge in [-0.2, -0.15) is 0 Å². The standard InChI is InChI=1S/C16H17N3O4/c20-16(17-13-9-18-5-3-10(13)4-6-18)15-7-11-1-2-12(19(21)22)8-14(11)23-15/h1-2,7-8,10,13H,3-6,9H2,(H,17,20). The summed E-state index contributed by atoms with van der Waals surface area (Å²) in [6, 6.07) is 6.15. The second kappa shape index (κ2) is 5.34. The first-order chi connectivity index (χ1) is 11.1. The molecule has 1 aromatic carbocycles. The Morgan fingerprint density at radius 3 is 2.74 bits per heavy atom. The number of fused-ring (bicyclic) bond motifs is 4. The first-order valence-corrected chi connectivity index (χ1v) is 7.81. The first kappa shape index (κ1) is 14.2. The van der Waals surface area contributed by atoms with Crippen LogP contribution in [0.2, 0.25) is 0 Å². The summed E-state index contributed by atoms with van der Waals surface area (Å²) in [5.41, 5.74) is 0.314. The van der Waals surface area contributed by atoms with Crippen LogP contribution in [0.3, 0.4) is 0 Å². The second-order valence-corrected chi connectivity index (χ2v) is 6.31. The van der Waals surface area contributed by atoms with Gasteiger partial charge in [0.15, 0.2) is 5.76 Å². The third-order valence-electron chi connectivity index (χ3n) is 4.91. The van der Waals surface area contributed by atoms with Crippen LogP contribution in [0.1, 0.15) is 23.4 Å². The van der Waals surface area contributed by atoms with E-state index < -0.39 is 4.92 Å². The van der Waals surface area contributed by atoms with Gasteiger partial charge in [-0.25, -0.2) is 0 Å². The quantitative estimate of drug-likeness (QED) is 0.692. The average molecular weight is 315 g/mol. The maximum atomic E-state index is 12.4. The number of benzene rings is 1. The number of hydrogen-bond acceptors (Lipinski definition) is 5. The molecule has 1 N–H and O–H groups in total. The molecule has 7 heteroatoms. The summed E-state index contributed by atoms with van der Waals surface area (Å²) in [5, 5.41) is 14.5. The normalized spacial score (nSPS) is 26.3. The molecule has 3 aliphatic rings. The van der Waals surface area contributed by atoms with Crippen molar-refractivity contribution in [2.45, 2.75) is 18.9 Å². The molecule has 3 fully saturated rings. The zero-order chi connectivity index (χ0) is 16.0. The lowest BCUT2D eigenvalue weighted by molar-refractivity contribution is -0.384. The summed E-state index contributed by atoms with van der Waals surface area (Å²) in [6.45, 7) is 3.12. The molecule has 1 amide bonds. The third-order valence-corrected chi connectivity index (χ3v) is 4.91. The minimum atomic E-state index is -0.477. The van der Waals surface area contributed by atoms with E-state index in [4.69, 9.17) is 4.42 Å². The lowest BCUT2D eigenvalue weighted by atomic mass is 9.84. The molecular formula is C16H17N3O4. The van der Waals surface area contributed by atoms with Crippen molar-refractivity contribution >= 4 is 22.6 Å². The number of piperidine rings is 3. The van der Waals surface area contributed by atoms with Crippen molar-refractivity contribution in [2.75, 3.05) is 19.6 Å². The topological polar surface area (TPSA) is 88.6 Å². The van der Waals surface area contributed by atoms with Crippen molar-refractivity contribution in [2.24, 2.45) is 5.92 Å². The van der Waals surface area contributed by atoms with Gasteiger partial charge in [0.2, 0.25) is 0 Å². The predicted octanol–water partition coefficient (Wildman–Crippen LogP) is 2.17. The van der Waals surface area contributed by atoms with Crippen LogP contribution >= 0.6 is 0 Å². The zero-order valence-electron chi connectivity index (χ0n) is 12.5. The van der Waals surface area contributed by atoms with E-state index in [-0.39, 0.29) is 23.4 Å². The van der Waals surface area contributed by atoms with E-state index in [1.165, 1.54) is 12.1 Å². The minimum Gasteiger partial charge on any atom is -0.451 e. The molecule has 120 valence electrons. The molecule has 1 unspecified atom stereocenters. The summed E-state index contributed by atoms with van der Waals surface area (Å²) in [6.07, 6.45) is 2.24. The van der Waals surface area contributed by atoms with Crippen molar-refractivity contribution in [1.82, 2.24) is 10.2 Å². The van der Waals surface area contributed by atoms with Gasteiger partial charge in [-0.15, -0.1) is 0 Å². The fraction of sp³-hybridized carbons (Fsp3) is 0.438. The maximum Gasteiger partial charge on any atom is 0.287 e. The average Bonchev–Trinajstić information content (AvgIpc) is 2.99. The Labute approximate surface area is 132 Å². The Kier molecular flexibility index (Phi) is 3.30.